The van der Waals surface area contributed by atoms with Crippen LogP contribution in [0.4, 0.5) is 0 Å². The van der Waals surface area contributed by atoms with E-state index in [4.69, 9.17) is 9.47 Å². The van der Waals surface area contributed by atoms with Crippen LogP contribution in [0.15, 0.2) is 48.5 Å². The lowest BCUT2D eigenvalue weighted by atomic mass is 10.1. The quantitative estimate of drug-likeness (QED) is 0.782. The molecular weight excluding hydrogens is 318 g/mol. The van der Waals surface area contributed by atoms with Crippen LogP contribution in [0, 0.1) is 0 Å². The van der Waals surface area contributed by atoms with E-state index in [1.54, 1.807) is 25.1 Å². The molecule has 2 rings (SSSR count). The van der Waals surface area contributed by atoms with Gasteiger partial charge in [-0.2, -0.15) is 0 Å². The van der Waals surface area contributed by atoms with Crippen molar-refractivity contribution in [3.63, 3.8) is 0 Å². The first-order chi connectivity index (χ1) is 11.9. The number of ether oxygens (including phenoxy) is 2. The zero-order valence-corrected chi connectivity index (χ0v) is 14.9. The number of nitrogens with one attached hydrogen (secondary N) is 1. The number of carbonyl (C=O) groups excluding carboxylic acids is 2. The first-order valence-electron chi connectivity index (χ1n) is 8.13. The SMILES string of the molecule is COc1ccc(C(C)=O)c(O[C@H](C)C(=O)N[C@@H](C)c2ccccc2)c1. The van der Waals surface area contributed by atoms with E-state index in [2.05, 4.69) is 5.32 Å². The molecule has 0 bridgehead atoms. The molecule has 132 valence electrons. The fourth-order valence-electron chi connectivity index (χ4n) is 2.42. The van der Waals surface area contributed by atoms with E-state index in [1.807, 2.05) is 37.3 Å². The first kappa shape index (κ1) is 18.5. The van der Waals surface area contributed by atoms with E-state index in [1.165, 1.54) is 14.0 Å². The monoisotopic (exact) mass is 341 g/mol. The molecule has 5 heteroatoms. The van der Waals surface area contributed by atoms with Crippen LogP contribution in [0.2, 0.25) is 0 Å². The second-order valence-electron chi connectivity index (χ2n) is 5.82. The van der Waals surface area contributed by atoms with Crippen molar-refractivity contribution in [2.75, 3.05) is 7.11 Å². The summed E-state index contributed by atoms with van der Waals surface area (Å²) in [5.74, 6) is 0.503. The molecule has 0 radical (unpaired) electrons. The lowest BCUT2D eigenvalue weighted by molar-refractivity contribution is -0.127. The average molecular weight is 341 g/mol. The molecule has 0 unspecified atom stereocenters. The van der Waals surface area contributed by atoms with Crippen molar-refractivity contribution in [1.29, 1.82) is 0 Å². The molecule has 0 aromatic heterocycles. The Kier molecular flexibility index (Phi) is 6.17. The van der Waals surface area contributed by atoms with Gasteiger partial charge in [0.25, 0.3) is 5.91 Å². The summed E-state index contributed by atoms with van der Waals surface area (Å²) in [7, 11) is 1.53. The maximum absolute atomic E-state index is 12.4. The van der Waals surface area contributed by atoms with Crippen LogP contribution in [0.3, 0.4) is 0 Å². The van der Waals surface area contributed by atoms with Crippen molar-refractivity contribution >= 4 is 11.7 Å². The fourth-order valence-corrected chi connectivity index (χ4v) is 2.42. The van der Waals surface area contributed by atoms with Gasteiger partial charge in [-0.3, -0.25) is 9.59 Å². The molecule has 1 N–H and O–H groups in total. The summed E-state index contributed by atoms with van der Waals surface area (Å²) >= 11 is 0. The maximum atomic E-state index is 12.4. The highest BCUT2D eigenvalue weighted by molar-refractivity contribution is 5.97. The molecule has 0 saturated heterocycles. The molecule has 0 saturated carbocycles. The van der Waals surface area contributed by atoms with Gasteiger partial charge in [-0.25, -0.2) is 0 Å². The van der Waals surface area contributed by atoms with Crippen molar-refractivity contribution < 1.29 is 19.1 Å². The largest absolute Gasteiger partial charge is 0.497 e. The molecule has 0 aliphatic heterocycles. The number of methoxy groups -OCH3 is 1. The average Bonchev–Trinajstić information content (AvgIpc) is 2.61. The zero-order chi connectivity index (χ0) is 18.4. The van der Waals surface area contributed by atoms with E-state index in [0.717, 1.165) is 5.56 Å². The third-order valence-corrected chi connectivity index (χ3v) is 3.90. The highest BCUT2D eigenvalue weighted by Crippen LogP contribution is 2.26. The predicted octanol–water partition coefficient (Wildman–Crippen LogP) is 3.54. The topological polar surface area (TPSA) is 64.6 Å². The van der Waals surface area contributed by atoms with Crippen LogP contribution in [0.25, 0.3) is 0 Å². The molecule has 2 aromatic rings. The number of hydrogen-bond acceptors (Lipinski definition) is 4. The smallest absolute Gasteiger partial charge is 0.261 e. The van der Waals surface area contributed by atoms with Crippen molar-refractivity contribution in [3.8, 4) is 11.5 Å². The van der Waals surface area contributed by atoms with Gasteiger partial charge in [0.05, 0.1) is 18.7 Å². The lowest BCUT2D eigenvalue weighted by Crippen LogP contribution is -2.38. The van der Waals surface area contributed by atoms with Gasteiger partial charge in [-0.05, 0) is 38.5 Å². The number of rotatable bonds is 7. The van der Waals surface area contributed by atoms with Crippen LogP contribution in [-0.4, -0.2) is 24.9 Å². The van der Waals surface area contributed by atoms with Gasteiger partial charge in [0.2, 0.25) is 0 Å². The van der Waals surface area contributed by atoms with Gasteiger partial charge in [0.15, 0.2) is 11.9 Å². The Morgan fingerprint density at radius 3 is 2.32 bits per heavy atom. The molecule has 0 spiro atoms. The van der Waals surface area contributed by atoms with Crippen LogP contribution >= 0.6 is 0 Å². The maximum Gasteiger partial charge on any atom is 0.261 e. The summed E-state index contributed by atoms with van der Waals surface area (Å²) in [4.78, 5) is 24.2. The van der Waals surface area contributed by atoms with E-state index in [9.17, 15) is 9.59 Å². The van der Waals surface area contributed by atoms with Crippen LogP contribution < -0.4 is 14.8 Å². The summed E-state index contributed by atoms with van der Waals surface area (Å²) in [5.41, 5.74) is 1.42. The Morgan fingerprint density at radius 2 is 1.72 bits per heavy atom. The molecule has 2 atom stereocenters. The van der Waals surface area contributed by atoms with E-state index in [0.29, 0.717) is 17.1 Å². The predicted molar refractivity (Wildman–Crippen MR) is 96.1 cm³/mol. The minimum Gasteiger partial charge on any atom is -0.497 e. The van der Waals surface area contributed by atoms with E-state index in [-0.39, 0.29) is 17.7 Å². The Bertz CT molecular complexity index is 743. The lowest BCUT2D eigenvalue weighted by Gasteiger charge is -2.20. The number of hydrogen-bond donors (Lipinski definition) is 1. The third kappa shape index (κ3) is 4.83. The molecule has 0 aliphatic carbocycles. The second-order valence-corrected chi connectivity index (χ2v) is 5.82. The fraction of sp³-hybridized carbons (Fsp3) is 0.300. The van der Waals surface area contributed by atoms with E-state index < -0.39 is 6.10 Å². The number of benzene rings is 2. The van der Waals surface area contributed by atoms with Gasteiger partial charge < -0.3 is 14.8 Å². The van der Waals surface area contributed by atoms with Gasteiger partial charge >= 0.3 is 0 Å². The zero-order valence-electron chi connectivity index (χ0n) is 14.9. The Labute approximate surface area is 148 Å². The standard InChI is InChI=1S/C20H23NO4/c1-13(16-8-6-5-7-9-16)21-20(23)15(3)25-19-12-17(24-4)10-11-18(19)14(2)22/h5-13,15H,1-4H3,(H,21,23)/t13-,15+/m0/s1. The van der Waals surface area contributed by atoms with Crippen molar-refractivity contribution in [1.82, 2.24) is 5.32 Å². The molecular formula is C20H23NO4. The van der Waals surface area contributed by atoms with Gasteiger partial charge in [-0.1, -0.05) is 30.3 Å². The summed E-state index contributed by atoms with van der Waals surface area (Å²) in [6, 6.07) is 14.5. The van der Waals surface area contributed by atoms with Crippen LogP contribution in [0.1, 0.15) is 42.7 Å². The Hall–Kier alpha value is -2.82. The molecule has 0 fully saturated rings. The van der Waals surface area contributed by atoms with E-state index >= 15 is 0 Å². The summed E-state index contributed by atoms with van der Waals surface area (Å²) in [6.45, 7) is 5.01. The molecule has 2 aromatic carbocycles. The van der Waals surface area contributed by atoms with Gasteiger partial charge in [-0.15, -0.1) is 0 Å². The van der Waals surface area contributed by atoms with Crippen molar-refractivity contribution in [2.24, 2.45) is 0 Å². The minimum atomic E-state index is -0.753. The summed E-state index contributed by atoms with van der Waals surface area (Å²) in [5, 5.41) is 2.91. The summed E-state index contributed by atoms with van der Waals surface area (Å²) < 4.78 is 10.9. The molecule has 5 nitrogen and oxygen atoms in total. The molecule has 0 aliphatic rings. The van der Waals surface area contributed by atoms with Crippen molar-refractivity contribution in [3.05, 3.63) is 59.7 Å². The number of ketones is 1. The third-order valence-electron chi connectivity index (χ3n) is 3.90. The Morgan fingerprint density at radius 1 is 1.04 bits per heavy atom. The van der Waals surface area contributed by atoms with Crippen LogP contribution in [0.5, 0.6) is 11.5 Å². The minimum absolute atomic E-state index is 0.136. The summed E-state index contributed by atoms with van der Waals surface area (Å²) in [6.07, 6.45) is -0.753. The molecule has 0 heterocycles. The van der Waals surface area contributed by atoms with Crippen molar-refractivity contribution in [2.45, 2.75) is 32.9 Å². The molecule has 25 heavy (non-hydrogen) atoms. The molecule has 1 amide bonds. The highest BCUT2D eigenvalue weighted by atomic mass is 16.5. The number of Topliss-reactive ketones (excluding diaryl/α,β-unsaturated/α-hetero) is 1. The Balaban J connectivity index is 2.09. The highest BCUT2D eigenvalue weighted by Gasteiger charge is 2.20. The number of amides is 1. The second kappa shape index (κ2) is 8.33. The van der Waals surface area contributed by atoms with Gasteiger partial charge in [0.1, 0.15) is 11.5 Å². The normalized spacial score (nSPS) is 12.8. The number of carbonyl (C=O) groups is 2. The van der Waals surface area contributed by atoms with Gasteiger partial charge in [0, 0.05) is 6.07 Å². The van der Waals surface area contributed by atoms with Crippen LogP contribution in [-0.2, 0) is 4.79 Å². The first-order valence-corrected chi connectivity index (χ1v) is 8.13.